The monoisotopic (exact) mass is 460 g/mol. The van der Waals surface area contributed by atoms with Crippen LogP contribution in [0.3, 0.4) is 0 Å². The van der Waals surface area contributed by atoms with Gasteiger partial charge in [-0.1, -0.05) is 26.0 Å². The van der Waals surface area contributed by atoms with E-state index in [1.54, 1.807) is 32.9 Å². The van der Waals surface area contributed by atoms with E-state index >= 15 is 0 Å². The second-order valence-corrected chi connectivity index (χ2v) is 11.6. The molecule has 1 amide bonds. The van der Waals surface area contributed by atoms with Crippen molar-refractivity contribution in [2.45, 2.75) is 71.7 Å². The fourth-order valence-electron chi connectivity index (χ4n) is 3.15. The second-order valence-electron chi connectivity index (χ2n) is 9.94. The first-order chi connectivity index (χ1) is 14.7. The predicted molar refractivity (Wildman–Crippen MR) is 130 cm³/mol. The van der Waals surface area contributed by atoms with Crippen LogP contribution in [0.1, 0.15) is 58.6 Å². The number of carbonyl (C=O) groups is 1. The van der Waals surface area contributed by atoms with Gasteiger partial charge in [-0.15, -0.1) is 0 Å². The number of carbonyl (C=O) groups excluding carboxylic acids is 1. The lowest BCUT2D eigenvalue weighted by Gasteiger charge is -2.24. The van der Waals surface area contributed by atoms with Crippen LogP contribution in [0.25, 0.3) is 0 Å². The topological polar surface area (TPSA) is 84.5 Å². The molecule has 2 aromatic rings. The maximum atomic E-state index is 12.8. The number of aryl methyl sites for hydroxylation is 2. The van der Waals surface area contributed by atoms with Gasteiger partial charge in [0.25, 0.3) is 0 Å². The van der Waals surface area contributed by atoms with Gasteiger partial charge in [-0.2, -0.15) is 0 Å². The van der Waals surface area contributed by atoms with E-state index in [1.165, 1.54) is 12.1 Å². The summed E-state index contributed by atoms with van der Waals surface area (Å²) >= 11 is 0. The maximum absolute atomic E-state index is 12.8. The summed E-state index contributed by atoms with van der Waals surface area (Å²) in [4.78, 5) is 12.9. The zero-order chi connectivity index (χ0) is 24.2. The molecule has 32 heavy (non-hydrogen) atoms. The van der Waals surface area contributed by atoms with Crippen LogP contribution in [0.2, 0.25) is 0 Å². The smallest absolute Gasteiger partial charge is 0.241 e. The van der Waals surface area contributed by atoms with E-state index in [1.807, 2.05) is 39.8 Å². The van der Waals surface area contributed by atoms with E-state index in [-0.39, 0.29) is 10.8 Å². The third-order valence-corrected chi connectivity index (χ3v) is 6.80. The molecule has 0 heterocycles. The van der Waals surface area contributed by atoms with Crippen LogP contribution in [-0.4, -0.2) is 26.5 Å². The average Bonchev–Trinajstić information content (AvgIpc) is 2.66. The zero-order valence-electron chi connectivity index (χ0n) is 20.2. The van der Waals surface area contributed by atoms with Gasteiger partial charge in [-0.05, 0) is 88.9 Å². The first-order valence-corrected chi connectivity index (χ1v) is 12.3. The van der Waals surface area contributed by atoms with Crippen LogP contribution >= 0.6 is 0 Å². The van der Waals surface area contributed by atoms with E-state index in [0.717, 1.165) is 23.3 Å². The van der Waals surface area contributed by atoms with Crippen LogP contribution in [0, 0.1) is 19.3 Å². The van der Waals surface area contributed by atoms with Crippen molar-refractivity contribution in [3.63, 3.8) is 0 Å². The van der Waals surface area contributed by atoms with Crippen molar-refractivity contribution in [2.75, 3.05) is 11.9 Å². The lowest BCUT2D eigenvalue weighted by Crippen LogP contribution is -2.40. The van der Waals surface area contributed by atoms with Crippen molar-refractivity contribution in [1.29, 1.82) is 0 Å². The van der Waals surface area contributed by atoms with Crippen molar-refractivity contribution in [3.05, 3.63) is 53.6 Å². The van der Waals surface area contributed by atoms with Crippen LogP contribution in [0.5, 0.6) is 5.75 Å². The van der Waals surface area contributed by atoms with E-state index in [9.17, 15) is 13.2 Å². The largest absolute Gasteiger partial charge is 0.493 e. The molecule has 0 unspecified atom stereocenters. The number of hydrogen-bond acceptors (Lipinski definition) is 4. The predicted octanol–water partition coefficient (Wildman–Crippen LogP) is 5.20. The number of anilines is 1. The van der Waals surface area contributed by atoms with E-state index in [0.29, 0.717) is 18.7 Å². The molecular formula is C25H36N2O4S. The third-order valence-electron chi connectivity index (χ3n) is 5.03. The average molecular weight is 461 g/mol. The molecule has 176 valence electrons. The van der Waals surface area contributed by atoms with Gasteiger partial charge in [-0.25, -0.2) is 13.1 Å². The molecule has 0 atom stereocenters. The first-order valence-electron chi connectivity index (χ1n) is 10.9. The van der Waals surface area contributed by atoms with Crippen molar-refractivity contribution in [3.8, 4) is 5.75 Å². The quantitative estimate of drug-likeness (QED) is 0.504. The minimum absolute atomic E-state index is 0.118. The number of benzene rings is 2. The molecule has 0 aliphatic carbocycles. The maximum Gasteiger partial charge on any atom is 0.241 e. The standard InChI is InChI=1S/C25H36N2O4S/c1-18-9-10-19(2)22(17-18)31-16-8-15-25(6,7)23(28)26-20-11-13-21(14-12-20)32(29,30)27-24(3,4)5/h9-14,17,27H,8,15-16H2,1-7H3,(H,26,28). The Kier molecular flexibility index (Phi) is 8.12. The summed E-state index contributed by atoms with van der Waals surface area (Å²) in [5.74, 6) is 0.760. The van der Waals surface area contributed by atoms with Gasteiger partial charge < -0.3 is 10.1 Å². The number of hydrogen-bond donors (Lipinski definition) is 2. The number of sulfonamides is 1. The molecule has 0 fully saturated rings. The van der Waals surface area contributed by atoms with Gasteiger partial charge in [0, 0.05) is 16.6 Å². The molecule has 0 bridgehead atoms. The highest BCUT2D eigenvalue weighted by atomic mass is 32.2. The molecule has 0 spiro atoms. The van der Waals surface area contributed by atoms with Crippen LogP contribution in [0.4, 0.5) is 5.69 Å². The van der Waals surface area contributed by atoms with Gasteiger partial charge >= 0.3 is 0 Å². The molecule has 6 nitrogen and oxygen atoms in total. The van der Waals surface area contributed by atoms with Crippen molar-refractivity contribution in [2.24, 2.45) is 5.41 Å². The van der Waals surface area contributed by atoms with E-state index in [2.05, 4.69) is 16.1 Å². The SMILES string of the molecule is Cc1ccc(C)c(OCCCC(C)(C)C(=O)Nc2ccc(S(=O)(=O)NC(C)(C)C)cc2)c1. The van der Waals surface area contributed by atoms with Crippen molar-refractivity contribution in [1.82, 2.24) is 4.72 Å². The summed E-state index contributed by atoms with van der Waals surface area (Å²) in [7, 11) is -3.61. The second kappa shape index (κ2) is 10.0. The molecule has 0 radical (unpaired) electrons. The Balaban J connectivity index is 1.91. The van der Waals surface area contributed by atoms with Gasteiger partial charge in [0.15, 0.2) is 0 Å². The minimum Gasteiger partial charge on any atom is -0.493 e. The summed E-state index contributed by atoms with van der Waals surface area (Å²) in [6.07, 6.45) is 1.40. The van der Waals surface area contributed by atoms with Crippen LogP contribution < -0.4 is 14.8 Å². The molecule has 7 heteroatoms. The Morgan fingerprint density at radius 3 is 2.19 bits per heavy atom. The Labute approximate surface area is 192 Å². The lowest BCUT2D eigenvalue weighted by molar-refractivity contribution is -0.124. The minimum atomic E-state index is -3.61. The molecule has 0 saturated heterocycles. The van der Waals surface area contributed by atoms with Gasteiger partial charge in [-0.3, -0.25) is 4.79 Å². The third kappa shape index (κ3) is 7.64. The number of ether oxygens (including phenoxy) is 1. The molecular weight excluding hydrogens is 424 g/mol. The first kappa shape index (κ1) is 25.9. The Morgan fingerprint density at radius 2 is 1.59 bits per heavy atom. The molecule has 2 rings (SSSR count). The number of amides is 1. The zero-order valence-corrected chi connectivity index (χ0v) is 21.0. The highest BCUT2D eigenvalue weighted by Gasteiger charge is 2.27. The van der Waals surface area contributed by atoms with Crippen molar-refractivity contribution < 1.29 is 17.9 Å². The fraction of sp³-hybridized carbons (Fsp3) is 0.480. The summed E-state index contributed by atoms with van der Waals surface area (Å²) in [5, 5.41) is 2.89. The summed E-state index contributed by atoms with van der Waals surface area (Å²) in [6.45, 7) is 13.7. The van der Waals surface area contributed by atoms with Crippen molar-refractivity contribution >= 4 is 21.6 Å². The number of rotatable bonds is 9. The summed E-state index contributed by atoms with van der Waals surface area (Å²) in [6, 6.07) is 12.3. The summed E-state index contributed by atoms with van der Waals surface area (Å²) < 4.78 is 33.4. The highest BCUT2D eigenvalue weighted by Crippen LogP contribution is 2.26. The Hall–Kier alpha value is -2.38. The molecule has 2 aromatic carbocycles. The van der Waals surface area contributed by atoms with Gasteiger partial charge in [0.2, 0.25) is 15.9 Å². The molecule has 0 aromatic heterocycles. The molecule has 0 aliphatic heterocycles. The number of nitrogens with one attached hydrogen (secondary N) is 2. The normalized spacial score (nSPS) is 12.5. The van der Waals surface area contributed by atoms with Gasteiger partial charge in [0.05, 0.1) is 11.5 Å². The Morgan fingerprint density at radius 1 is 0.969 bits per heavy atom. The van der Waals surface area contributed by atoms with Gasteiger partial charge in [0.1, 0.15) is 5.75 Å². The fourth-order valence-corrected chi connectivity index (χ4v) is 4.57. The Bertz CT molecular complexity index is 1040. The highest BCUT2D eigenvalue weighted by molar-refractivity contribution is 7.89. The summed E-state index contributed by atoms with van der Waals surface area (Å²) in [5.41, 5.74) is 1.64. The van der Waals surface area contributed by atoms with Crippen LogP contribution in [0.15, 0.2) is 47.4 Å². The van der Waals surface area contributed by atoms with Crippen LogP contribution in [-0.2, 0) is 14.8 Å². The molecule has 2 N–H and O–H groups in total. The lowest BCUT2D eigenvalue weighted by atomic mass is 9.87. The van der Waals surface area contributed by atoms with E-state index < -0.39 is 21.0 Å². The molecule has 0 aliphatic rings. The van der Waals surface area contributed by atoms with E-state index in [4.69, 9.17) is 4.74 Å². The molecule has 0 saturated carbocycles.